The summed E-state index contributed by atoms with van der Waals surface area (Å²) in [5.41, 5.74) is 1.27. The molecular weight excluding hydrogens is 199 g/mol. The lowest BCUT2D eigenvalue weighted by atomic mass is 10.1. The number of halogens is 2. The molecule has 0 aliphatic carbocycles. The lowest BCUT2D eigenvalue weighted by Crippen LogP contribution is -1.83. The summed E-state index contributed by atoms with van der Waals surface area (Å²) in [6.45, 7) is 0. The Balaban J connectivity index is 2.61. The molecule has 0 amide bonds. The first-order valence-corrected chi connectivity index (χ1v) is 4.66. The maximum absolute atomic E-state index is 13.4. The third kappa shape index (κ3) is 1.64. The second kappa shape index (κ2) is 3.81. The Morgan fingerprint density at radius 2 is 1.36 bits per heavy atom. The van der Waals surface area contributed by atoms with Crippen LogP contribution in [-0.4, -0.2) is 0 Å². The van der Waals surface area contributed by atoms with Crippen molar-refractivity contribution in [1.29, 1.82) is 0 Å². The fourth-order valence-electron chi connectivity index (χ4n) is 1.36. The van der Waals surface area contributed by atoms with E-state index in [0.29, 0.717) is 10.6 Å². The van der Waals surface area contributed by atoms with Gasteiger partial charge in [-0.15, -0.1) is 0 Å². The van der Waals surface area contributed by atoms with E-state index in [0.717, 1.165) is 5.56 Å². The first-order valence-electron chi connectivity index (χ1n) is 4.28. The van der Waals surface area contributed by atoms with Crippen LogP contribution in [0, 0.1) is 5.82 Å². The van der Waals surface area contributed by atoms with Gasteiger partial charge in [-0.05, 0) is 12.1 Å². The highest BCUT2D eigenvalue weighted by molar-refractivity contribution is 6.33. The van der Waals surface area contributed by atoms with Crippen LogP contribution in [-0.2, 0) is 0 Å². The minimum absolute atomic E-state index is 0.249. The first kappa shape index (κ1) is 9.22. The number of benzene rings is 2. The highest BCUT2D eigenvalue weighted by atomic mass is 35.5. The monoisotopic (exact) mass is 206 g/mol. The summed E-state index contributed by atoms with van der Waals surface area (Å²) < 4.78 is 13.4. The Kier molecular flexibility index (Phi) is 2.51. The molecule has 0 bridgehead atoms. The van der Waals surface area contributed by atoms with E-state index in [-0.39, 0.29) is 5.82 Å². The predicted octanol–water partition coefficient (Wildman–Crippen LogP) is 4.15. The van der Waals surface area contributed by atoms with E-state index in [1.807, 2.05) is 12.1 Å². The molecule has 0 aliphatic rings. The molecule has 70 valence electrons. The van der Waals surface area contributed by atoms with Gasteiger partial charge < -0.3 is 0 Å². The van der Waals surface area contributed by atoms with Crippen LogP contribution in [0.15, 0.2) is 48.5 Å². The number of hydrogen-bond acceptors (Lipinski definition) is 0. The van der Waals surface area contributed by atoms with Crippen molar-refractivity contribution in [3.05, 3.63) is 59.4 Å². The van der Waals surface area contributed by atoms with Crippen LogP contribution in [0.1, 0.15) is 0 Å². The van der Waals surface area contributed by atoms with Gasteiger partial charge >= 0.3 is 0 Å². The molecule has 0 nitrogen and oxygen atoms in total. The fraction of sp³-hybridized carbons (Fsp3) is 0. The van der Waals surface area contributed by atoms with Crippen molar-refractivity contribution in [2.75, 3.05) is 0 Å². The Labute approximate surface area is 87.0 Å². The summed E-state index contributed by atoms with van der Waals surface area (Å²) in [5.74, 6) is -0.249. The minimum atomic E-state index is -0.249. The van der Waals surface area contributed by atoms with E-state index in [2.05, 4.69) is 0 Å². The lowest BCUT2D eigenvalue weighted by molar-refractivity contribution is 0.631. The predicted molar refractivity (Wildman–Crippen MR) is 56.8 cm³/mol. The summed E-state index contributed by atoms with van der Waals surface area (Å²) in [4.78, 5) is 0. The smallest absolute Gasteiger partial charge is 0.131 e. The Morgan fingerprint density at radius 3 is 2.00 bits per heavy atom. The molecule has 0 unspecified atom stereocenters. The quantitative estimate of drug-likeness (QED) is 0.658. The summed E-state index contributed by atoms with van der Waals surface area (Å²) in [7, 11) is 0. The van der Waals surface area contributed by atoms with Crippen molar-refractivity contribution in [1.82, 2.24) is 0 Å². The molecule has 0 N–H and O–H groups in total. The largest absolute Gasteiger partial charge is 0.206 e. The molecule has 0 heterocycles. The molecule has 2 heteroatoms. The highest BCUT2D eigenvalue weighted by Crippen LogP contribution is 2.28. The second-order valence-electron chi connectivity index (χ2n) is 2.96. The van der Waals surface area contributed by atoms with Gasteiger partial charge in [0.1, 0.15) is 5.82 Å². The van der Waals surface area contributed by atoms with Crippen LogP contribution < -0.4 is 0 Å². The molecule has 0 saturated heterocycles. The van der Waals surface area contributed by atoms with Gasteiger partial charge in [-0.25, -0.2) is 4.39 Å². The van der Waals surface area contributed by atoms with E-state index >= 15 is 0 Å². The molecule has 14 heavy (non-hydrogen) atoms. The van der Waals surface area contributed by atoms with Gasteiger partial charge in [0.05, 0.1) is 0 Å². The topological polar surface area (TPSA) is 0 Å². The second-order valence-corrected chi connectivity index (χ2v) is 3.37. The Bertz CT molecular complexity index is 408. The minimum Gasteiger partial charge on any atom is -0.206 e. The van der Waals surface area contributed by atoms with Crippen molar-refractivity contribution in [2.45, 2.75) is 0 Å². The normalized spacial score (nSPS) is 10.1. The van der Waals surface area contributed by atoms with Crippen molar-refractivity contribution >= 4 is 11.6 Å². The van der Waals surface area contributed by atoms with Gasteiger partial charge in [0, 0.05) is 16.1 Å². The third-order valence-corrected chi connectivity index (χ3v) is 2.37. The van der Waals surface area contributed by atoms with Gasteiger partial charge in [-0.1, -0.05) is 48.0 Å². The zero-order valence-electron chi connectivity index (χ0n) is 7.37. The first-order chi connectivity index (χ1) is 6.79. The van der Waals surface area contributed by atoms with Crippen molar-refractivity contribution < 1.29 is 4.39 Å². The third-order valence-electron chi connectivity index (χ3n) is 2.04. The van der Waals surface area contributed by atoms with Crippen LogP contribution in [0.25, 0.3) is 11.1 Å². The van der Waals surface area contributed by atoms with Gasteiger partial charge in [0.15, 0.2) is 0 Å². The maximum Gasteiger partial charge on any atom is 0.131 e. The van der Waals surface area contributed by atoms with Crippen LogP contribution in [0.4, 0.5) is 4.39 Å². The molecule has 0 radical (unpaired) electrons. The summed E-state index contributed by atoms with van der Waals surface area (Å²) in [6.07, 6.45) is 0. The highest BCUT2D eigenvalue weighted by Gasteiger charge is 2.06. The lowest BCUT2D eigenvalue weighted by Gasteiger charge is -2.04. The summed E-state index contributed by atoms with van der Waals surface area (Å²) in [5, 5.41) is 0.567. The van der Waals surface area contributed by atoms with E-state index in [4.69, 9.17) is 11.6 Å². The average molecular weight is 207 g/mol. The standard InChI is InChI=1S/C12H8ClF/c13-11-7-3-1-5-9(11)10-6-2-4-8-12(10)14/h1-8H. The van der Waals surface area contributed by atoms with Crippen molar-refractivity contribution in [3.8, 4) is 11.1 Å². The zero-order chi connectivity index (χ0) is 9.97. The van der Waals surface area contributed by atoms with E-state index in [1.54, 1.807) is 30.3 Å². The molecule has 0 saturated carbocycles. The van der Waals surface area contributed by atoms with Gasteiger partial charge in [0.25, 0.3) is 0 Å². The van der Waals surface area contributed by atoms with Crippen LogP contribution in [0.5, 0.6) is 0 Å². The molecule has 0 fully saturated rings. The molecule has 2 aromatic carbocycles. The van der Waals surface area contributed by atoms with E-state index in [9.17, 15) is 4.39 Å². The average Bonchev–Trinajstić information content (AvgIpc) is 2.20. The summed E-state index contributed by atoms with van der Waals surface area (Å²) in [6, 6.07) is 13.8. The number of hydrogen-bond donors (Lipinski definition) is 0. The molecule has 0 aliphatic heterocycles. The molecule has 2 aromatic rings. The zero-order valence-corrected chi connectivity index (χ0v) is 8.13. The molecule has 0 aromatic heterocycles. The van der Waals surface area contributed by atoms with Gasteiger partial charge in [-0.2, -0.15) is 0 Å². The number of rotatable bonds is 1. The van der Waals surface area contributed by atoms with Crippen LogP contribution in [0.3, 0.4) is 0 Å². The van der Waals surface area contributed by atoms with Gasteiger partial charge in [0.2, 0.25) is 0 Å². The fourth-order valence-corrected chi connectivity index (χ4v) is 1.60. The Hall–Kier alpha value is -1.34. The molecule has 2 rings (SSSR count). The van der Waals surface area contributed by atoms with Crippen molar-refractivity contribution in [2.24, 2.45) is 0 Å². The Morgan fingerprint density at radius 1 is 0.786 bits per heavy atom. The summed E-state index contributed by atoms with van der Waals surface area (Å²) >= 11 is 5.96. The van der Waals surface area contributed by atoms with Crippen molar-refractivity contribution in [3.63, 3.8) is 0 Å². The molecular formula is C12H8ClF. The van der Waals surface area contributed by atoms with Gasteiger partial charge in [-0.3, -0.25) is 0 Å². The molecule has 0 spiro atoms. The molecule has 0 atom stereocenters. The SMILES string of the molecule is Fc1ccccc1-c1ccccc1Cl. The maximum atomic E-state index is 13.4. The van der Waals surface area contributed by atoms with Crippen LogP contribution >= 0.6 is 11.6 Å². The van der Waals surface area contributed by atoms with E-state index < -0.39 is 0 Å². The van der Waals surface area contributed by atoms with E-state index in [1.165, 1.54) is 6.07 Å². The van der Waals surface area contributed by atoms with Crippen LogP contribution in [0.2, 0.25) is 5.02 Å².